The number of carbonyl (C=O) groups excluding carboxylic acids is 1. The summed E-state index contributed by atoms with van der Waals surface area (Å²) in [7, 11) is 1.64. The summed E-state index contributed by atoms with van der Waals surface area (Å²) in [5, 5.41) is 3.23. The summed E-state index contributed by atoms with van der Waals surface area (Å²) < 4.78 is 10.6. The highest BCUT2D eigenvalue weighted by atomic mass is 16.5. The number of amides is 1. The molecule has 0 radical (unpaired) electrons. The van der Waals surface area contributed by atoms with Crippen molar-refractivity contribution in [3.63, 3.8) is 0 Å². The van der Waals surface area contributed by atoms with E-state index in [1.54, 1.807) is 7.11 Å². The fourth-order valence-corrected chi connectivity index (χ4v) is 3.51. The second kappa shape index (κ2) is 6.06. The predicted octanol–water partition coefficient (Wildman–Crippen LogP) is 2.31. The zero-order valence-corrected chi connectivity index (χ0v) is 12.6. The first-order valence-corrected chi connectivity index (χ1v) is 7.72. The van der Waals surface area contributed by atoms with Crippen molar-refractivity contribution in [2.45, 2.75) is 38.1 Å². The lowest BCUT2D eigenvalue weighted by atomic mass is 9.60. The molecule has 1 aliphatic heterocycles. The minimum atomic E-state index is 0.110. The number of carbonyl (C=O) groups is 1. The maximum absolute atomic E-state index is 12.3. The maximum Gasteiger partial charge on any atom is 0.224 e. The van der Waals surface area contributed by atoms with Gasteiger partial charge in [-0.05, 0) is 48.8 Å². The van der Waals surface area contributed by atoms with Gasteiger partial charge in [0.2, 0.25) is 5.91 Å². The number of rotatable bonds is 4. The highest BCUT2D eigenvalue weighted by molar-refractivity contribution is 5.79. The van der Waals surface area contributed by atoms with Crippen molar-refractivity contribution in [1.29, 1.82) is 0 Å². The Labute approximate surface area is 125 Å². The van der Waals surface area contributed by atoms with E-state index in [0.717, 1.165) is 43.8 Å². The Kier molecular flexibility index (Phi) is 4.15. The van der Waals surface area contributed by atoms with Crippen LogP contribution in [0.2, 0.25) is 0 Å². The molecule has 114 valence electrons. The summed E-state index contributed by atoms with van der Waals surface area (Å²) in [5.74, 6) is 0.906. The second-order valence-electron chi connectivity index (χ2n) is 6.16. The molecule has 3 rings (SSSR count). The number of benzene rings is 1. The molecular formula is C17H23NO3. The third kappa shape index (κ3) is 3.05. The molecule has 4 heteroatoms. The van der Waals surface area contributed by atoms with Crippen molar-refractivity contribution in [3.8, 4) is 5.75 Å². The lowest BCUT2D eigenvalue weighted by Crippen LogP contribution is -2.57. The minimum absolute atomic E-state index is 0.110. The Morgan fingerprint density at radius 3 is 2.86 bits per heavy atom. The molecule has 1 spiro atoms. The molecular weight excluding hydrogens is 266 g/mol. The van der Waals surface area contributed by atoms with Crippen LogP contribution in [0.5, 0.6) is 5.75 Å². The Bertz CT molecular complexity index is 509. The molecule has 1 atom stereocenters. The van der Waals surface area contributed by atoms with E-state index in [0.29, 0.717) is 17.9 Å². The first-order valence-electron chi connectivity index (χ1n) is 7.72. The van der Waals surface area contributed by atoms with Gasteiger partial charge in [0.05, 0.1) is 13.5 Å². The number of ether oxygens (including phenoxy) is 2. The molecule has 1 aromatic rings. The van der Waals surface area contributed by atoms with Crippen LogP contribution >= 0.6 is 0 Å². The molecule has 0 bridgehead atoms. The highest BCUT2D eigenvalue weighted by Gasteiger charge is 2.47. The van der Waals surface area contributed by atoms with Crippen LogP contribution in [0.1, 0.15) is 31.2 Å². The van der Waals surface area contributed by atoms with E-state index in [4.69, 9.17) is 9.47 Å². The molecule has 2 aliphatic rings. The normalized spacial score (nSPS) is 23.4. The third-order valence-corrected chi connectivity index (χ3v) is 4.99. The molecule has 1 N–H and O–H groups in total. The van der Waals surface area contributed by atoms with Gasteiger partial charge in [-0.1, -0.05) is 12.1 Å². The summed E-state index contributed by atoms with van der Waals surface area (Å²) in [5.41, 5.74) is 1.30. The molecule has 1 saturated carbocycles. The molecule has 1 unspecified atom stereocenters. The summed E-state index contributed by atoms with van der Waals surface area (Å²) >= 11 is 0. The van der Waals surface area contributed by atoms with Gasteiger partial charge in [0.25, 0.3) is 0 Å². The van der Waals surface area contributed by atoms with E-state index in [1.807, 2.05) is 24.3 Å². The molecule has 2 fully saturated rings. The smallest absolute Gasteiger partial charge is 0.224 e. The molecule has 0 aromatic heterocycles. The summed E-state index contributed by atoms with van der Waals surface area (Å²) in [4.78, 5) is 12.3. The Morgan fingerprint density at radius 1 is 1.38 bits per heavy atom. The van der Waals surface area contributed by atoms with Crippen LogP contribution in [0.25, 0.3) is 0 Å². The van der Waals surface area contributed by atoms with Gasteiger partial charge in [-0.15, -0.1) is 0 Å². The van der Waals surface area contributed by atoms with Gasteiger partial charge in [0.1, 0.15) is 5.75 Å². The van der Waals surface area contributed by atoms with Crippen molar-refractivity contribution in [2.75, 3.05) is 20.3 Å². The van der Waals surface area contributed by atoms with Crippen molar-refractivity contribution >= 4 is 5.91 Å². The van der Waals surface area contributed by atoms with Crippen molar-refractivity contribution in [1.82, 2.24) is 5.32 Å². The van der Waals surface area contributed by atoms with Crippen LogP contribution in [0.15, 0.2) is 24.3 Å². The van der Waals surface area contributed by atoms with Gasteiger partial charge in [-0.25, -0.2) is 0 Å². The Balaban J connectivity index is 1.56. The summed E-state index contributed by atoms with van der Waals surface area (Å²) in [6.07, 6.45) is 4.90. The van der Waals surface area contributed by atoms with E-state index in [2.05, 4.69) is 5.32 Å². The average Bonchev–Trinajstić information content (AvgIpc) is 2.52. The van der Waals surface area contributed by atoms with Crippen LogP contribution in [-0.4, -0.2) is 32.3 Å². The van der Waals surface area contributed by atoms with Gasteiger partial charge >= 0.3 is 0 Å². The van der Waals surface area contributed by atoms with Crippen molar-refractivity contribution < 1.29 is 14.3 Å². The molecule has 1 amide bonds. The van der Waals surface area contributed by atoms with E-state index in [1.165, 1.54) is 6.42 Å². The van der Waals surface area contributed by atoms with Crippen LogP contribution in [0, 0.1) is 5.41 Å². The van der Waals surface area contributed by atoms with Crippen molar-refractivity contribution in [2.24, 2.45) is 5.41 Å². The topological polar surface area (TPSA) is 47.6 Å². The average molecular weight is 289 g/mol. The Hall–Kier alpha value is -1.55. The molecule has 21 heavy (non-hydrogen) atoms. The van der Waals surface area contributed by atoms with E-state index < -0.39 is 0 Å². The number of hydrogen-bond donors (Lipinski definition) is 1. The molecule has 4 nitrogen and oxygen atoms in total. The molecule has 1 aliphatic carbocycles. The zero-order chi connectivity index (χ0) is 14.7. The zero-order valence-electron chi connectivity index (χ0n) is 12.6. The van der Waals surface area contributed by atoms with Gasteiger partial charge in [0.15, 0.2) is 0 Å². The first kappa shape index (κ1) is 14.4. The van der Waals surface area contributed by atoms with Crippen molar-refractivity contribution in [3.05, 3.63) is 29.8 Å². The first-order chi connectivity index (χ1) is 10.2. The Morgan fingerprint density at radius 2 is 2.19 bits per heavy atom. The monoisotopic (exact) mass is 289 g/mol. The fourth-order valence-electron chi connectivity index (χ4n) is 3.51. The molecule has 1 saturated heterocycles. The third-order valence-electron chi connectivity index (χ3n) is 4.99. The van der Waals surface area contributed by atoms with Gasteiger partial charge in [0, 0.05) is 19.3 Å². The largest absolute Gasteiger partial charge is 0.497 e. The quantitative estimate of drug-likeness (QED) is 0.925. The van der Waals surface area contributed by atoms with E-state index >= 15 is 0 Å². The summed E-state index contributed by atoms with van der Waals surface area (Å²) in [6, 6.07) is 8.03. The maximum atomic E-state index is 12.3. The highest BCUT2D eigenvalue weighted by Crippen LogP contribution is 2.48. The lowest BCUT2D eigenvalue weighted by molar-refractivity contribution is -0.126. The molecule has 1 heterocycles. The second-order valence-corrected chi connectivity index (χ2v) is 6.16. The van der Waals surface area contributed by atoms with Crippen LogP contribution in [-0.2, 0) is 16.0 Å². The number of hydrogen-bond acceptors (Lipinski definition) is 3. The minimum Gasteiger partial charge on any atom is -0.497 e. The van der Waals surface area contributed by atoms with E-state index in [-0.39, 0.29) is 5.91 Å². The van der Waals surface area contributed by atoms with E-state index in [9.17, 15) is 4.79 Å². The van der Waals surface area contributed by atoms with Gasteiger partial charge < -0.3 is 14.8 Å². The molecule has 1 aromatic carbocycles. The number of methoxy groups -OCH3 is 1. The lowest BCUT2D eigenvalue weighted by Gasteiger charge is -2.52. The predicted molar refractivity (Wildman–Crippen MR) is 80.3 cm³/mol. The number of nitrogens with one attached hydrogen (secondary N) is 1. The van der Waals surface area contributed by atoms with Crippen LogP contribution < -0.4 is 10.1 Å². The summed E-state index contributed by atoms with van der Waals surface area (Å²) in [6.45, 7) is 1.67. The van der Waals surface area contributed by atoms with Crippen LogP contribution in [0.3, 0.4) is 0 Å². The standard InChI is InChI=1S/C17H23NO3/c1-20-14-4-2-3-13(11-14)12-16(19)18-15-5-6-17(15)7-9-21-10-8-17/h2-4,11,15H,5-10,12H2,1H3,(H,18,19). The SMILES string of the molecule is COc1cccc(CC(=O)NC2CCC23CCOCC3)c1. The van der Waals surface area contributed by atoms with Crippen LogP contribution in [0.4, 0.5) is 0 Å². The van der Waals surface area contributed by atoms with Gasteiger partial charge in [-0.3, -0.25) is 4.79 Å². The fraction of sp³-hybridized carbons (Fsp3) is 0.588. The van der Waals surface area contributed by atoms with Gasteiger partial charge in [-0.2, -0.15) is 0 Å².